The molecule has 2 aromatic heterocycles. The summed E-state index contributed by atoms with van der Waals surface area (Å²) in [4.78, 5) is 15.5. The van der Waals surface area contributed by atoms with E-state index in [9.17, 15) is 0 Å². The summed E-state index contributed by atoms with van der Waals surface area (Å²) in [5.41, 5.74) is 7.53. The second-order valence-electron chi connectivity index (χ2n) is 3.70. The van der Waals surface area contributed by atoms with E-state index in [0.29, 0.717) is 5.65 Å². The molecule has 0 bridgehead atoms. The van der Waals surface area contributed by atoms with Gasteiger partial charge in [0, 0.05) is 12.5 Å². The number of aromatic nitrogens is 4. The molecule has 1 atom stereocenters. The molecule has 0 spiro atoms. The number of hydrogen-bond donors (Lipinski definition) is 2. The Hall–Kier alpha value is -1.49. The molecule has 0 aliphatic carbocycles. The van der Waals surface area contributed by atoms with Crippen molar-refractivity contribution in [1.82, 2.24) is 19.9 Å². The van der Waals surface area contributed by atoms with Gasteiger partial charge in [-0.25, -0.2) is 15.0 Å². The fourth-order valence-corrected chi connectivity index (χ4v) is 1.63. The second-order valence-corrected chi connectivity index (χ2v) is 3.70. The predicted molar refractivity (Wildman–Crippen MR) is 58.3 cm³/mol. The summed E-state index contributed by atoms with van der Waals surface area (Å²) in [5, 5.41) is 0. The van der Waals surface area contributed by atoms with E-state index < -0.39 is 0 Å². The van der Waals surface area contributed by atoms with Gasteiger partial charge in [-0.3, -0.25) is 0 Å². The molecule has 0 radical (unpaired) electrons. The van der Waals surface area contributed by atoms with Crippen molar-refractivity contribution in [3.05, 3.63) is 18.3 Å². The Morgan fingerprint density at radius 3 is 3.13 bits per heavy atom. The third kappa shape index (κ3) is 2.30. The maximum absolute atomic E-state index is 5.94. The van der Waals surface area contributed by atoms with Crippen molar-refractivity contribution >= 4 is 11.2 Å². The molecule has 0 aliphatic heterocycles. The SMILES string of the molecule is CCCC(N)Cc1nc2ncncc2[nH]1. The van der Waals surface area contributed by atoms with Crippen LogP contribution in [0.5, 0.6) is 0 Å². The van der Waals surface area contributed by atoms with Gasteiger partial charge in [-0.1, -0.05) is 13.3 Å². The minimum Gasteiger partial charge on any atom is -0.339 e. The van der Waals surface area contributed by atoms with Crippen molar-refractivity contribution in [2.75, 3.05) is 0 Å². The number of hydrogen-bond acceptors (Lipinski definition) is 4. The standard InChI is InChI=1S/C10H15N5/c1-2-3-7(11)4-9-14-8-5-12-6-13-10(8)15-9/h5-7H,2-4,11H2,1H3,(H,12,13,14,15). The quantitative estimate of drug-likeness (QED) is 0.781. The van der Waals surface area contributed by atoms with Gasteiger partial charge in [-0.15, -0.1) is 0 Å². The van der Waals surface area contributed by atoms with Gasteiger partial charge < -0.3 is 10.7 Å². The van der Waals surface area contributed by atoms with Crippen LogP contribution in [0, 0.1) is 0 Å². The monoisotopic (exact) mass is 205 g/mol. The van der Waals surface area contributed by atoms with Crippen LogP contribution in [0.4, 0.5) is 0 Å². The summed E-state index contributed by atoms with van der Waals surface area (Å²) in [7, 11) is 0. The Bertz CT molecular complexity index is 403. The molecular formula is C10H15N5. The smallest absolute Gasteiger partial charge is 0.180 e. The Kier molecular flexibility index (Phi) is 2.91. The van der Waals surface area contributed by atoms with Gasteiger partial charge in [0.05, 0.1) is 6.20 Å². The zero-order valence-corrected chi connectivity index (χ0v) is 8.77. The zero-order valence-electron chi connectivity index (χ0n) is 8.77. The third-order valence-corrected chi connectivity index (χ3v) is 2.33. The second kappa shape index (κ2) is 4.35. The predicted octanol–water partition coefficient (Wildman–Crippen LogP) is 1.02. The van der Waals surface area contributed by atoms with E-state index >= 15 is 0 Å². The van der Waals surface area contributed by atoms with E-state index in [4.69, 9.17) is 5.73 Å². The van der Waals surface area contributed by atoms with Crippen LogP contribution in [-0.4, -0.2) is 26.0 Å². The highest BCUT2D eigenvalue weighted by Gasteiger charge is 2.07. The molecule has 0 saturated carbocycles. The number of rotatable bonds is 4. The lowest BCUT2D eigenvalue weighted by Gasteiger charge is -2.06. The molecule has 15 heavy (non-hydrogen) atoms. The molecule has 0 saturated heterocycles. The van der Waals surface area contributed by atoms with Gasteiger partial charge in [-0.2, -0.15) is 0 Å². The van der Waals surface area contributed by atoms with E-state index in [1.54, 1.807) is 6.20 Å². The van der Waals surface area contributed by atoms with Crippen LogP contribution in [0.3, 0.4) is 0 Å². The van der Waals surface area contributed by atoms with E-state index in [2.05, 4.69) is 26.9 Å². The third-order valence-electron chi connectivity index (χ3n) is 2.33. The van der Waals surface area contributed by atoms with Crippen LogP contribution < -0.4 is 5.73 Å². The van der Waals surface area contributed by atoms with Crippen molar-refractivity contribution in [1.29, 1.82) is 0 Å². The normalized spacial score (nSPS) is 13.2. The molecule has 5 heteroatoms. The topological polar surface area (TPSA) is 80.5 Å². The van der Waals surface area contributed by atoms with Crippen LogP contribution in [0.1, 0.15) is 25.6 Å². The maximum atomic E-state index is 5.94. The summed E-state index contributed by atoms with van der Waals surface area (Å²) >= 11 is 0. The number of nitrogens with one attached hydrogen (secondary N) is 1. The van der Waals surface area contributed by atoms with Crippen molar-refractivity contribution in [2.45, 2.75) is 32.2 Å². The Balaban J connectivity index is 2.15. The molecule has 3 N–H and O–H groups in total. The van der Waals surface area contributed by atoms with Crippen LogP contribution in [-0.2, 0) is 6.42 Å². The van der Waals surface area contributed by atoms with E-state index in [1.807, 2.05) is 0 Å². The molecule has 5 nitrogen and oxygen atoms in total. The molecule has 80 valence electrons. The largest absolute Gasteiger partial charge is 0.339 e. The summed E-state index contributed by atoms with van der Waals surface area (Å²) in [6, 6.07) is 0.170. The van der Waals surface area contributed by atoms with E-state index in [0.717, 1.165) is 30.6 Å². The van der Waals surface area contributed by atoms with Crippen molar-refractivity contribution < 1.29 is 0 Å². The van der Waals surface area contributed by atoms with Crippen molar-refractivity contribution in [2.24, 2.45) is 5.73 Å². The first-order valence-corrected chi connectivity index (χ1v) is 5.19. The first kappa shape index (κ1) is 10.0. The fourth-order valence-electron chi connectivity index (χ4n) is 1.63. The van der Waals surface area contributed by atoms with Gasteiger partial charge in [0.1, 0.15) is 17.7 Å². The number of fused-ring (bicyclic) bond motifs is 1. The highest BCUT2D eigenvalue weighted by Crippen LogP contribution is 2.08. The molecule has 0 amide bonds. The Morgan fingerprint density at radius 2 is 2.40 bits per heavy atom. The Morgan fingerprint density at radius 1 is 1.53 bits per heavy atom. The van der Waals surface area contributed by atoms with Gasteiger partial charge in [-0.05, 0) is 6.42 Å². The number of aromatic amines is 1. The molecule has 0 fully saturated rings. The van der Waals surface area contributed by atoms with Crippen LogP contribution >= 0.6 is 0 Å². The molecule has 2 aromatic rings. The summed E-state index contributed by atoms with van der Waals surface area (Å²) in [6.45, 7) is 2.13. The maximum Gasteiger partial charge on any atom is 0.180 e. The number of nitrogens with zero attached hydrogens (tertiary/aromatic N) is 3. The first-order chi connectivity index (χ1) is 7.29. The lowest BCUT2D eigenvalue weighted by Crippen LogP contribution is -2.22. The Labute approximate surface area is 88.1 Å². The highest BCUT2D eigenvalue weighted by atomic mass is 15.0. The van der Waals surface area contributed by atoms with E-state index in [1.165, 1.54) is 6.33 Å². The molecule has 2 heterocycles. The van der Waals surface area contributed by atoms with Gasteiger partial charge in [0.25, 0.3) is 0 Å². The minimum atomic E-state index is 0.170. The van der Waals surface area contributed by atoms with Crippen molar-refractivity contribution in [3.8, 4) is 0 Å². The van der Waals surface area contributed by atoms with Crippen LogP contribution in [0.15, 0.2) is 12.5 Å². The summed E-state index contributed by atoms with van der Waals surface area (Å²) < 4.78 is 0. The highest BCUT2D eigenvalue weighted by molar-refractivity contribution is 5.68. The average molecular weight is 205 g/mol. The molecule has 0 aliphatic rings. The average Bonchev–Trinajstić information content (AvgIpc) is 2.59. The fraction of sp³-hybridized carbons (Fsp3) is 0.500. The lowest BCUT2D eigenvalue weighted by atomic mass is 10.1. The summed E-state index contributed by atoms with van der Waals surface area (Å²) in [6.07, 6.45) is 6.11. The number of imidazole rings is 1. The molecule has 1 unspecified atom stereocenters. The van der Waals surface area contributed by atoms with Crippen LogP contribution in [0.25, 0.3) is 11.2 Å². The number of H-pyrrole nitrogens is 1. The minimum absolute atomic E-state index is 0.170. The van der Waals surface area contributed by atoms with E-state index in [-0.39, 0.29) is 6.04 Å². The molecular weight excluding hydrogens is 190 g/mol. The lowest BCUT2D eigenvalue weighted by molar-refractivity contribution is 0.588. The zero-order chi connectivity index (χ0) is 10.7. The van der Waals surface area contributed by atoms with Gasteiger partial charge in [0.2, 0.25) is 0 Å². The summed E-state index contributed by atoms with van der Waals surface area (Å²) in [5.74, 6) is 0.895. The first-order valence-electron chi connectivity index (χ1n) is 5.19. The molecule has 2 rings (SSSR count). The van der Waals surface area contributed by atoms with Crippen molar-refractivity contribution in [3.63, 3.8) is 0 Å². The van der Waals surface area contributed by atoms with Crippen LogP contribution in [0.2, 0.25) is 0 Å². The molecule has 0 aromatic carbocycles. The van der Waals surface area contributed by atoms with Gasteiger partial charge >= 0.3 is 0 Å². The van der Waals surface area contributed by atoms with Gasteiger partial charge in [0.15, 0.2) is 5.65 Å². The number of nitrogens with two attached hydrogens (primary N) is 1.